The van der Waals surface area contributed by atoms with Crippen molar-refractivity contribution in [3.05, 3.63) is 0 Å². The van der Waals surface area contributed by atoms with Crippen LogP contribution in [0.4, 0.5) is 0 Å². The highest BCUT2D eigenvalue weighted by Crippen LogP contribution is 1.85. The lowest BCUT2D eigenvalue weighted by Crippen LogP contribution is -2.26. The topological polar surface area (TPSA) is 52.3 Å². The molecular formula is C5H11NO2. The van der Waals surface area contributed by atoms with Crippen LogP contribution in [0.2, 0.25) is 0 Å². The van der Waals surface area contributed by atoms with Crippen molar-refractivity contribution in [3.8, 4) is 0 Å². The molecule has 0 aromatic rings. The number of nitrogens with two attached hydrogens (primary N) is 1. The zero-order chi connectivity index (χ0) is 6.57. The number of carbonyl (C=O) groups excluding carboxylic acids is 1. The van der Waals surface area contributed by atoms with Gasteiger partial charge in [-0.3, -0.25) is 4.79 Å². The lowest BCUT2D eigenvalue weighted by Gasteiger charge is -2.03. The van der Waals surface area contributed by atoms with Crippen LogP contribution in [-0.2, 0) is 9.53 Å². The van der Waals surface area contributed by atoms with Crippen molar-refractivity contribution in [1.82, 2.24) is 0 Å². The van der Waals surface area contributed by atoms with E-state index in [1.165, 1.54) is 7.11 Å². The molecule has 2 N–H and O–H groups in total. The molecule has 3 heteroatoms. The van der Waals surface area contributed by atoms with E-state index in [0.29, 0.717) is 0 Å². The number of methoxy groups -OCH3 is 1. The monoisotopic (exact) mass is 117 g/mol. The van der Waals surface area contributed by atoms with Crippen molar-refractivity contribution < 1.29 is 9.53 Å². The number of Topliss-reactive ketones (excluding diaryl/α,β-unsaturated/α-hetero) is 1. The summed E-state index contributed by atoms with van der Waals surface area (Å²) in [4.78, 5) is 10.5. The second-order valence-electron chi connectivity index (χ2n) is 1.55. The molecule has 0 aliphatic rings. The van der Waals surface area contributed by atoms with Gasteiger partial charge in [-0.25, -0.2) is 0 Å². The Labute approximate surface area is 48.8 Å². The maximum absolute atomic E-state index is 10.5. The van der Waals surface area contributed by atoms with Crippen LogP contribution in [0, 0.1) is 0 Å². The minimum absolute atomic E-state index is 0.0625. The molecule has 0 heterocycles. The van der Waals surface area contributed by atoms with E-state index in [1.54, 1.807) is 6.92 Å². The van der Waals surface area contributed by atoms with Gasteiger partial charge in [0.25, 0.3) is 0 Å². The molecule has 8 heavy (non-hydrogen) atoms. The summed E-state index contributed by atoms with van der Waals surface area (Å²) in [7, 11) is 1.48. The Balaban J connectivity index is 3.46. The van der Waals surface area contributed by atoms with E-state index in [0.717, 1.165) is 0 Å². The lowest BCUT2D eigenvalue weighted by atomic mass is 10.3. The largest absolute Gasteiger partial charge is 0.374 e. The molecule has 0 unspecified atom stereocenters. The van der Waals surface area contributed by atoms with Gasteiger partial charge >= 0.3 is 0 Å². The van der Waals surface area contributed by atoms with Gasteiger partial charge in [-0.1, -0.05) is 0 Å². The van der Waals surface area contributed by atoms with E-state index >= 15 is 0 Å². The number of hydrogen-bond acceptors (Lipinski definition) is 3. The van der Waals surface area contributed by atoms with Gasteiger partial charge in [-0.05, 0) is 6.92 Å². The van der Waals surface area contributed by atoms with Gasteiger partial charge in [0.05, 0.1) is 6.54 Å². The molecule has 0 spiro atoms. The molecule has 0 bridgehead atoms. The molecule has 3 nitrogen and oxygen atoms in total. The average molecular weight is 117 g/mol. The fourth-order valence-electron chi connectivity index (χ4n) is 0.297. The Morgan fingerprint density at radius 3 is 2.50 bits per heavy atom. The van der Waals surface area contributed by atoms with E-state index in [1.807, 2.05) is 0 Å². The van der Waals surface area contributed by atoms with E-state index in [4.69, 9.17) is 5.73 Å². The van der Waals surface area contributed by atoms with Gasteiger partial charge in [0.2, 0.25) is 0 Å². The van der Waals surface area contributed by atoms with Gasteiger partial charge in [0.1, 0.15) is 6.10 Å². The second-order valence-corrected chi connectivity index (χ2v) is 1.55. The van der Waals surface area contributed by atoms with Crippen molar-refractivity contribution in [2.75, 3.05) is 13.7 Å². The minimum Gasteiger partial charge on any atom is -0.374 e. The predicted molar refractivity (Wildman–Crippen MR) is 30.5 cm³/mol. The Kier molecular flexibility index (Phi) is 3.39. The standard InChI is InChI=1S/C5H11NO2/c1-4(8-2)5(7)3-6/h4H,3,6H2,1-2H3/t4-/m1/s1. The molecule has 0 amide bonds. The quantitative estimate of drug-likeness (QED) is 0.544. The third-order valence-electron chi connectivity index (χ3n) is 1.01. The molecule has 0 aromatic carbocycles. The number of rotatable bonds is 3. The van der Waals surface area contributed by atoms with Crippen LogP contribution in [0.3, 0.4) is 0 Å². The van der Waals surface area contributed by atoms with Crippen molar-refractivity contribution >= 4 is 5.78 Å². The Hall–Kier alpha value is -0.410. The van der Waals surface area contributed by atoms with Crippen LogP contribution < -0.4 is 5.73 Å². The zero-order valence-electron chi connectivity index (χ0n) is 5.18. The second kappa shape index (κ2) is 3.57. The van der Waals surface area contributed by atoms with Crippen LogP contribution in [0.25, 0.3) is 0 Å². The number of ether oxygens (including phenoxy) is 1. The summed E-state index contributed by atoms with van der Waals surface area (Å²) in [5, 5.41) is 0. The highest BCUT2D eigenvalue weighted by atomic mass is 16.5. The smallest absolute Gasteiger partial charge is 0.174 e. The molecule has 0 saturated heterocycles. The summed E-state index contributed by atoms with van der Waals surface area (Å²) < 4.78 is 4.67. The van der Waals surface area contributed by atoms with Crippen molar-refractivity contribution in [2.24, 2.45) is 5.73 Å². The predicted octanol–water partition coefficient (Wildman–Crippen LogP) is -0.451. The summed E-state index contributed by atoms with van der Waals surface area (Å²) in [6.07, 6.45) is -0.347. The summed E-state index contributed by atoms with van der Waals surface area (Å²) >= 11 is 0. The van der Waals surface area contributed by atoms with Gasteiger partial charge in [0.15, 0.2) is 5.78 Å². The normalized spacial score (nSPS) is 13.4. The van der Waals surface area contributed by atoms with Crippen molar-refractivity contribution in [1.29, 1.82) is 0 Å². The van der Waals surface area contributed by atoms with E-state index in [-0.39, 0.29) is 18.4 Å². The van der Waals surface area contributed by atoms with E-state index < -0.39 is 0 Å². The average Bonchev–Trinajstić information content (AvgIpc) is 1.84. The molecule has 0 radical (unpaired) electrons. The Bertz CT molecular complexity index is 82.5. The fraction of sp³-hybridized carbons (Fsp3) is 0.800. The molecule has 0 saturated carbocycles. The fourth-order valence-corrected chi connectivity index (χ4v) is 0.297. The first-order chi connectivity index (χ1) is 3.72. The first kappa shape index (κ1) is 7.59. The summed E-state index contributed by atoms with van der Waals surface area (Å²) in [5.41, 5.74) is 5.02. The Morgan fingerprint density at radius 2 is 2.38 bits per heavy atom. The van der Waals surface area contributed by atoms with Gasteiger partial charge < -0.3 is 10.5 Å². The molecule has 0 aromatic heterocycles. The van der Waals surface area contributed by atoms with Crippen LogP contribution in [0.5, 0.6) is 0 Å². The minimum atomic E-state index is -0.347. The van der Waals surface area contributed by atoms with Crippen molar-refractivity contribution in [3.63, 3.8) is 0 Å². The van der Waals surface area contributed by atoms with Crippen LogP contribution in [0.1, 0.15) is 6.92 Å². The van der Waals surface area contributed by atoms with E-state index in [9.17, 15) is 4.79 Å². The summed E-state index contributed by atoms with van der Waals surface area (Å²) in [6.45, 7) is 1.74. The van der Waals surface area contributed by atoms with Crippen molar-refractivity contribution in [2.45, 2.75) is 13.0 Å². The van der Waals surface area contributed by atoms with Gasteiger partial charge in [-0.15, -0.1) is 0 Å². The molecule has 1 atom stereocenters. The molecule has 0 fully saturated rings. The molecule has 0 rings (SSSR count). The number of hydrogen-bond donors (Lipinski definition) is 1. The van der Waals surface area contributed by atoms with Crippen LogP contribution in [-0.4, -0.2) is 25.5 Å². The van der Waals surface area contributed by atoms with Gasteiger partial charge in [-0.2, -0.15) is 0 Å². The first-order valence-electron chi connectivity index (χ1n) is 2.48. The SMILES string of the molecule is CO[C@H](C)C(=O)CN. The van der Waals surface area contributed by atoms with Crippen LogP contribution >= 0.6 is 0 Å². The Morgan fingerprint density at radius 1 is 1.88 bits per heavy atom. The number of ketones is 1. The first-order valence-corrected chi connectivity index (χ1v) is 2.48. The van der Waals surface area contributed by atoms with E-state index in [2.05, 4.69) is 4.74 Å². The van der Waals surface area contributed by atoms with Crippen LogP contribution in [0.15, 0.2) is 0 Å². The third kappa shape index (κ3) is 2.04. The zero-order valence-corrected chi connectivity index (χ0v) is 5.18. The molecule has 0 aliphatic heterocycles. The highest BCUT2D eigenvalue weighted by molar-refractivity contribution is 5.84. The maximum Gasteiger partial charge on any atom is 0.174 e. The highest BCUT2D eigenvalue weighted by Gasteiger charge is 2.07. The van der Waals surface area contributed by atoms with Gasteiger partial charge in [0, 0.05) is 7.11 Å². The maximum atomic E-state index is 10.5. The summed E-state index contributed by atoms with van der Waals surface area (Å²) in [5.74, 6) is -0.0625. The molecular weight excluding hydrogens is 106 g/mol. The molecule has 48 valence electrons. The number of carbonyl (C=O) groups is 1. The lowest BCUT2D eigenvalue weighted by molar-refractivity contribution is -0.126. The summed E-state index contributed by atoms with van der Waals surface area (Å²) in [6, 6.07) is 0. The molecule has 0 aliphatic carbocycles. The third-order valence-corrected chi connectivity index (χ3v) is 1.01.